The van der Waals surface area contributed by atoms with Gasteiger partial charge in [0, 0.05) is 24.3 Å². The number of benzene rings is 1. The standard InChI is InChI=1S/C13H17N3O/c14-11-2-1-3-12-10(11)4-5-13(17)16(12)9-6-7-15-8-9/h1-3,9,15H,4-8,14H2. The zero-order chi connectivity index (χ0) is 11.8. The maximum absolute atomic E-state index is 12.1. The third-order valence-corrected chi connectivity index (χ3v) is 3.70. The van der Waals surface area contributed by atoms with E-state index in [1.807, 2.05) is 23.1 Å². The number of anilines is 2. The Hall–Kier alpha value is -1.55. The van der Waals surface area contributed by atoms with Crippen molar-refractivity contribution in [2.24, 2.45) is 0 Å². The van der Waals surface area contributed by atoms with Gasteiger partial charge in [0.05, 0.1) is 6.04 Å². The average molecular weight is 231 g/mol. The van der Waals surface area contributed by atoms with Crippen molar-refractivity contribution in [3.63, 3.8) is 0 Å². The van der Waals surface area contributed by atoms with Gasteiger partial charge in [-0.25, -0.2) is 0 Å². The highest BCUT2D eigenvalue weighted by Crippen LogP contribution is 2.34. The molecule has 3 N–H and O–H groups in total. The van der Waals surface area contributed by atoms with Crippen LogP contribution in [-0.2, 0) is 11.2 Å². The van der Waals surface area contributed by atoms with Gasteiger partial charge in [-0.2, -0.15) is 0 Å². The maximum atomic E-state index is 12.1. The Kier molecular flexibility index (Phi) is 2.52. The SMILES string of the molecule is Nc1cccc2c1CCC(=O)N2C1CCNC1. The molecule has 0 spiro atoms. The first-order valence-electron chi connectivity index (χ1n) is 6.17. The lowest BCUT2D eigenvalue weighted by Gasteiger charge is -2.34. The molecule has 0 saturated carbocycles. The summed E-state index contributed by atoms with van der Waals surface area (Å²) in [4.78, 5) is 14.1. The lowest BCUT2D eigenvalue weighted by Crippen LogP contribution is -2.44. The zero-order valence-corrected chi connectivity index (χ0v) is 9.78. The predicted octanol–water partition coefficient (Wildman–Crippen LogP) is 0.910. The fraction of sp³-hybridized carbons (Fsp3) is 0.462. The van der Waals surface area contributed by atoms with E-state index in [2.05, 4.69) is 5.32 Å². The van der Waals surface area contributed by atoms with E-state index in [9.17, 15) is 4.79 Å². The van der Waals surface area contributed by atoms with Crippen molar-refractivity contribution in [1.29, 1.82) is 0 Å². The van der Waals surface area contributed by atoms with Gasteiger partial charge in [0.1, 0.15) is 0 Å². The van der Waals surface area contributed by atoms with E-state index in [-0.39, 0.29) is 5.91 Å². The monoisotopic (exact) mass is 231 g/mol. The van der Waals surface area contributed by atoms with Crippen LogP contribution in [0.25, 0.3) is 0 Å². The van der Waals surface area contributed by atoms with E-state index in [0.29, 0.717) is 12.5 Å². The molecule has 1 unspecified atom stereocenters. The number of rotatable bonds is 1. The molecule has 2 heterocycles. The fourth-order valence-electron chi connectivity index (χ4n) is 2.84. The third-order valence-electron chi connectivity index (χ3n) is 3.70. The predicted molar refractivity (Wildman–Crippen MR) is 67.9 cm³/mol. The van der Waals surface area contributed by atoms with Gasteiger partial charge in [-0.05, 0) is 37.1 Å². The Balaban J connectivity index is 2.03. The molecule has 90 valence electrons. The first kappa shape index (κ1) is 10.6. The minimum absolute atomic E-state index is 0.233. The molecule has 4 nitrogen and oxygen atoms in total. The first-order chi connectivity index (χ1) is 8.27. The molecule has 0 bridgehead atoms. The molecule has 1 aromatic carbocycles. The van der Waals surface area contributed by atoms with Gasteiger partial charge in [0.15, 0.2) is 0 Å². The van der Waals surface area contributed by atoms with Crippen molar-refractivity contribution in [2.45, 2.75) is 25.3 Å². The number of nitrogens with two attached hydrogens (primary N) is 1. The molecule has 1 amide bonds. The summed E-state index contributed by atoms with van der Waals surface area (Å²) in [5.74, 6) is 0.233. The van der Waals surface area contributed by atoms with Gasteiger partial charge in [0.25, 0.3) is 0 Å². The van der Waals surface area contributed by atoms with Gasteiger partial charge in [-0.15, -0.1) is 0 Å². The normalized spacial score (nSPS) is 23.9. The minimum atomic E-state index is 0.233. The Labute approximate surface area is 101 Å². The van der Waals surface area contributed by atoms with Crippen molar-refractivity contribution in [2.75, 3.05) is 23.7 Å². The van der Waals surface area contributed by atoms with Crippen molar-refractivity contribution >= 4 is 17.3 Å². The minimum Gasteiger partial charge on any atom is -0.398 e. The van der Waals surface area contributed by atoms with E-state index in [1.165, 1.54) is 0 Å². The van der Waals surface area contributed by atoms with Crippen LogP contribution in [0.15, 0.2) is 18.2 Å². The number of hydrogen-bond donors (Lipinski definition) is 2. The van der Waals surface area contributed by atoms with Crippen LogP contribution in [0.1, 0.15) is 18.4 Å². The van der Waals surface area contributed by atoms with Crippen LogP contribution >= 0.6 is 0 Å². The second-order valence-corrected chi connectivity index (χ2v) is 4.76. The number of fused-ring (bicyclic) bond motifs is 1. The molecule has 4 heteroatoms. The van der Waals surface area contributed by atoms with E-state index in [0.717, 1.165) is 42.9 Å². The lowest BCUT2D eigenvalue weighted by molar-refractivity contribution is -0.119. The molecule has 17 heavy (non-hydrogen) atoms. The number of carbonyl (C=O) groups excluding carboxylic acids is 1. The second kappa shape index (κ2) is 4.04. The van der Waals surface area contributed by atoms with Crippen LogP contribution in [0.3, 0.4) is 0 Å². The Morgan fingerprint density at radius 2 is 2.24 bits per heavy atom. The third kappa shape index (κ3) is 1.69. The van der Waals surface area contributed by atoms with Crippen molar-refractivity contribution in [3.8, 4) is 0 Å². The smallest absolute Gasteiger partial charge is 0.227 e. The van der Waals surface area contributed by atoms with E-state index < -0.39 is 0 Å². The number of carbonyl (C=O) groups is 1. The van der Waals surface area contributed by atoms with Gasteiger partial charge in [0.2, 0.25) is 5.91 Å². The van der Waals surface area contributed by atoms with Crippen molar-refractivity contribution in [1.82, 2.24) is 5.32 Å². The van der Waals surface area contributed by atoms with Gasteiger partial charge >= 0.3 is 0 Å². The molecule has 0 aromatic heterocycles. The molecular weight excluding hydrogens is 214 g/mol. The van der Waals surface area contributed by atoms with Crippen LogP contribution < -0.4 is 16.0 Å². The highest BCUT2D eigenvalue weighted by molar-refractivity contribution is 5.98. The summed E-state index contributed by atoms with van der Waals surface area (Å²) in [6.45, 7) is 1.88. The summed E-state index contributed by atoms with van der Waals surface area (Å²) in [6, 6.07) is 6.16. The first-order valence-corrected chi connectivity index (χ1v) is 6.17. The molecule has 1 atom stereocenters. The van der Waals surface area contributed by atoms with Crippen LogP contribution in [0, 0.1) is 0 Å². The van der Waals surface area contributed by atoms with Crippen LogP contribution in [-0.4, -0.2) is 25.0 Å². The molecule has 0 aliphatic carbocycles. The quantitative estimate of drug-likeness (QED) is 0.706. The molecule has 0 radical (unpaired) electrons. The van der Waals surface area contributed by atoms with Crippen LogP contribution in [0.4, 0.5) is 11.4 Å². The molecular formula is C13H17N3O. The Morgan fingerprint density at radius 3 is 3.00 bits per heavy atom. The Bertz CT molecular complexity index is 452. The zero-order valence-electron chi connectivity index (χ0n) is 9.78. The highest BCUT2D eigenvalue weighted by Gasteiger charge is 2.32. The van der Waals surface area contributed by atoms with Gasteiger partial charge in [-0.3, -0.25) is 4.79 Å². The van der Waals surface area contributed by atoms with Gasteiger partial charge < -0.3 is 16.0 Å². The van der Waals surface area contributed by atoms with Crippen molar-refractivity contribution < 1.29 is 4.79 Å². The topological polar surface area (TPSA) is 58.4 Å². The molecule has 1 saturated heterocycles. The van der Waals surface area contributed by atoms with E-state index in [1.54, 1.807) is 0 Å². The summed E-state index contributed by atoms with van der Waals surface area (Å²) in [5.41, 5.74) is 8.97. The van der Waals surface area contributed by atoms with Crippen molar-refractivity contribution in [3.05, 3.63) is 23.8 Å². The average Bonchev–Trinajstić information content (AvgIpc) is 2.82. The summed E-state index contributed by atoms with van der Waals surface area (Å²) >= 11 is 0. The molecule has 1 aromatic rings. The molecule has 1 fully saturated rings. The lowest BCUT2D eigenvalue weighted by atomic mass is 9.97. The molecule has 3 rings (SSSR count). The summed E-state index contributed by atoms with van der Waals surface area (Å²) in [5, 5.41) is 3.31. The molecule has 2 aliphatic rings. The van der Waals surface area contributed by atoms with E-state index >= 15 is 0 Å². The molecule has 2 aliphatic heterocycles. The number of nitrogens with zero attached hydrogens (tertiary/aromatic N) is 1. The fourth-order valence-corrected chi connectivity index (χ4v) is 2.84. The largest absolute Gasteiger partial charge is 0.398 e. The summed E-state index contributed by atoms with van der Waals surface area (Å²) in [6.07, 6.45) is 2.38. The maximum Gasteiger partial charge on any atom is 0.227 e. The number of amides is 1. The number of nitrogen functional groups attached to an aromatic ring is 1. The Morgan fingerprint density at radius 1 is 1.35 bits per heavy atom. The van der Waals surface area contributed by atoms with Crippen LogP contribution in [0.2, 0.25) is 0 Å². The summed E-state index contributed by atoms with van der Waals surface area (Å²) < 4.78 is 0. The number of nitrogens with one attached hydrogen (secondary N) is 1. The summed E-state index contributed by atoms with van der Waals surface area (Å²) in [7, 11) is 0. The highest BCUT2D eigenvalue weighted by atomic mass is 16.2. The van der Waals surface area contributed by atoms with Crippen LogP contribution in [0.5, 0.6) is 0 Å². The van der Waals surface area contributed by atoms with Gasteiger partial charge in [-0.1, -0.05) is 6.07 Å². The second-order valence-electron chi connectivity index (χ2n) is 4.76. The number of hydrogen-bond acceptors (Lipinski definition) is 3. The van der Waals surface area contributed by atoms with E-state index in [4.69, 9.17) is 5.73 Å².